The lowest BCUT2D eigenvalue weighted by molar-refractivity contribution is -0.125. The van der Waals surface area contributed by atoms with Crippen LogP contribution in [0.4, 0.5) is 11.4 Å². The molecule has 2 N–H and O–H groups in total. The zero-order valence-corrected chi connectivity index (χ0v) is 20.2. The van der Waals surface area contributed by atoms with Crippen LogP contribution in [-0.2, 0) is 16.2 Å². The maximum atomic E-state index is 12.7. The van der Waals surface area contributed by atoms with E-state index in [4.69, 9.17) is 25.8 Å². The molecular weight excluding hydrogens is 470 g/mol. The maximum Gasteiger partial charge on any atom is 0.243 e. The number of ether oxygens (including phenoxy) is 3. The van der Waals surface area contributed by atoms with Crippen LogP contribution >= 0.6 is 11.6 Å². The van der Waals surface area contributed by atoms with Crippen molar-refractivity contribution in [1.82, 2.24) is 5.43 Å². The van der Waals surface area contributed by atoms with Gasteiger partial charge in [0.15, 0.2) is 11.5 Å². The van der Waals surface area contributed by atoms with E-state index >= 15 is 0 Å². The van der Waals surface area contributed by atoms with Crippen molar-refractivity contribution in [2.24, 2.45) is 5.92 Å². The highest BCUT2D eigenvalue weighted by molar-refractivity contribution is 6.32. The molecule has 1 aliphatic rings. The molecule has 1 aliphatic heterocycles. The highest BCUT2D eigenvalue weighted by atomic mass is 35.5. The normalized spacial score (nSPS) is 15.0. The van der Waals surface area contributed by atoms with Gasteiger partial charge in [-0.05, 0) is 35.9 Å². The van der Waals surface area contributed by atoms with Crippen LogP contribution in [0, 0.1) is 5.92 Å². The van der Waals surface area contributed by atoms with E-state index in [0.717, 1.165) is 11.3 Å². The van der Waals surface area contributed by atoms with Crippen molar-refractivity contribution in [3.8, 4) is 17.2 Å². The van der Waals surface area contributed by atoms with Gasteiger partial charge >= 0.3 is 0 Å². The predicted molar refractivity (Wildman–Crippen MR) is 134 cm³/mol. The minimum Gasteiger partial charge on any atom is -0.497 e. The molecule has 2 amide bonds. The first kappa shape index (κ1) is 24.2. The molecule has 182 valence electrons. The molecule has 4 rings (SSSR count). The number of hydrogen-bond acceptors (Lipinski definition) is 6. The van der Waals surface area contributed by atoms with Crippen molar-refractivity contribution in [2.45, 2.75) is 13.0 Å². The van der Waals surface area contributed by atoms with Gasteiger partial charge in [-0.2, -0.15) is 0 Å². The van der Waals surface area contributed by atoms with Gasteiger partial charge in [0.05, 0.1) is 30.8 Å². The fourth-order valence-corrected chi connectivity index (χ4v) is 4.06. The molecule has 0 spiro atoms. The zero-order chi connectivity index (χ0) is 24.8. The van der Waals surface area contributed by atoms with Crippen molar-refractivity contribution in [3.05, 3.63) is 77.3 Å². The molecule has 0 unspecified atom stereocenters. The molecule has 1 saturated heterocycles. The molecule has 0 saturated carbocycles. The van der Waals surface area contributed by atoms with Crippen molar-refractivity contribution in [1.29, 1.82) is 0 Å². The number of carbonyl (C=O) groups is 2. The van der Waals surface area contributed by atoms with Crippen LogP contribution in [0.1, 0.15) is 12.0 Å². The standard InChI is InChI=1S/C26H26ClN3O5/c1-33-21-10-8-20(9-11-21)30-15-18(12-24(30)31)26(32)29-28-19-13-22(27)25(23(14-19)34-2)35-16-17-6-4-3-5-7-17/h3-11,13-14,18,28H,12,15-16H2,1-2H3,(H,29,32)/t18-/m1/s1. The fourth-order valence-electron chi connectivity index (χ4n) is 3.79. The molecule has 3 aromatic carbocycles. The van der Waals surface area contributed by atoms with Gasteiger partial charge in [-0.1, -0.05) is 41.9 Å². The third kappa shape index (κ3) is 5.78. The number of hydrogen-bond donors (Lipinski definition) is 2. The van der Waals surface area contributed by atoms with Gasteiger partial charge < -0.3 is 19.1 Å². The first-order chi connectivity index (χ1) is 17.0. The van der Waals surface area contributed by atoms with Crippen LogP contribution in [0.3, 0.4) is 0 Å². The molecule has 0 aromatic heterocycles. The second-order valence-electron chi connectivity index (χ2n) is 7.98. The number of halogens is 1. The van der Waals surface area contributed by atoms with Gasteiger partial charge in [0, 0.05) is 24.7 Å². The first-order valence-electron chi connectivity index (χ1n) is 11.0. The van der Waals surface area contributed by atoms with Gasteiger partial charge in [-0.25, -0.2) is 0 Å². The number of methoxy groups -OCH3 is 2. The van der Waals surface area contributed by atoms with Crippen LogP contribution in [-0.4, -0.2) is 32.6 Å². The molecule has 1 heterocycles. The van der Waals surface area contributed by atoms with Gasteiger partial charge in [0.2, 0.25) is 11.8 Å². The van der Waals surface area contributed by atoms with Crippen LogP contribution < -0.4 is 30.0 Å². The second kappa shape index (κ2) is 11.0. The third-order valence-electron chi connectivity index (χ3n) is 5.67. The Morgan fingerprint density at radius 2 is 1.80 bits per heavy atom. The van der Waals surface area contributed by atoms with E-state index in [0.29, 0.717) is 34.6 Å². The summed E-state index contributed by atoms with van der Waals surface area (Å²) < 4.78 is 16.5. The molecule has 0 radical (unpaired) electrons. The Balaban J connectivity index is 1.36. The zero-order valence-electron chi connectivity index (χ0n) is 19.4. The monoisotopic (exact) mass is 495 g/mol. The number of hydrazine groups is 1. The van der Waals surface area contributed by atoms with Crippen LogP contribution in [0.2, 0.25) is 5.02 Å². The summed E-state index contributed by atoms with van der Waals surface area (Å²) in [5.41, 5.74) is 7.76. The Morgan fingerprint density at radius 1 is 1.06 bits per heavy atom. The Bertz CT molecular complexity index is 1190. The summed E-state index contributed by atoms with van der Waals surface area (Å²) in [6, 6.07) is 20.2. The second-order valence-corrected chi connectivity index (χ2v) is 8.39. The average Bonchev–Trinajstić information content (AvgIpc) is 3.28. The fraction of sp³-hybridized carbons (Fsp3) is 0.231. The number of amides is 2. The Hall–Kier alpha value is -3.91. The molecule has 1 fully saturated rings. The van der Waals surface area contributed by atoms with Gasteiger partial charge in [-0.15, -0.1) is 0 Å². The quantitative estimate of drug-likeness (QED) is 0.427. The Kier molecular flexibility index (Phi) is 7.62. The predicted octanol–water partition coefficient (Wildman–Crippen LogP) is 4.43. The first-order valence-corrected chi connectivity index (χ1v) is 11.4. The van der Waals surface area contributed by atoms with Gasteiger partial charge in [0.25, 0.3) is 0 Å². The smallest absolute Gasteiger partial charge is 0.243 e. The van der Waals surface area contributed by atoms with Crippen LogP contribution in [0.5, 0.6) is 17.2 Å². The van der Waals surface area contributed by atoms with Gasteiger partial charge in [-0.3, -0.25) is 20.4 Å². The number of nitrogens with zero attached hydrogens (tertiary/aromatic N) is 1. The van der Waals surface area contributed by atoms with E-state index in [2.05, 4.69) is 10.9 Å². The molecule has 0 bridgehead atoms. The van der Waals surface area contributed by atoms with Crippen molar-refractivity contribution >= 4 is 34.8 Å². The molecule has 9 heteroatoms. The van der Waals surface area contributed by atoms with E-state index in [1.165, 1.54) is 7.11 Å². The highest BCUT2D eigenvalue weighted by Crippen LogP contribution is 2.38. The summed E-state index contributed by atoms with van der Waals surface area (Å²) >= 11 is 6.43. The SMILES string of the molecule is COc1ccc(N2C[C@H](C(=O)NNc3cc(Cl)c(OCc4ccccc4)c(OC)c3)CC2=O)cc1. The number of anilines is 2. The molecule has 1 atom stereocenters. The van der Waals surface area contributed by atoms with Crippen molar-refractivity contribution in [2.75, 3.05) is 31.1 Å². The van der Waals surface area contributed by atoms with Crippen LogP contribution in [0.15, 0.2) is 66.7 Å². The molecular formula is C26H26ClN3O5. The average molecular weight is 496 g/mol. The molecule has 0 aliphatic carbocycles. The van der Waals surface area contributed by atoms with E-state index in [9.17, 15) is 9.59 Å². The molecule has 3 aromatic rings. The van der Waals surface area contributed by atoms with Crippen molar-refractivity contribution < 1.29 is 23.8 Å². The van der Waals surface area contributed by atoms with Crippen molar-refractivity contribution in [3.63, 3.8) is 0 Å². The number of rotatable bonds is 9. The van der Waals surface area contributed by atoms with E-state index in [-0.39, 0.29) is 24.8 Å². The Morgan fingerprint density at radius 3 is 2.49 bits per heavy atom. The van der Waals surface area contributed by atoms with Gasteiger partial charge in [0.1, 0.15) is 12.4 Å². The Labute approximate surface area is 208 Å². The lowest BCUT2D eigenvalue weighted by atomic mass is 10.1. The van der Waals surface area contributed by atoms with E-state index in [1.807, 2.05) is 30.3 Å². The summed E-state index contributed by atoms with van der Waals surface area (Å²) in [4.78, 5) is 26.8. The lowest BCUT2D eigenvalue weighted by Crippen LogP contribution is -2.36. The summed E-state index contributed by atoms with van der Waals surface area (Å²) in [7, 11) is 3.10. The van der Waals surface area contributed by atoms with Crippen LogP contribution in [0.25, 0.3) is 0 Å². The highest BCUT2D eigenvalue weighted by Gasteiger charge is 2.35. The summed E-state index contributed by atoms with van der Waals surface area (Å²) in [6.45, 7) is 0.621. The summed E-state index contributed by atoms with van der Waals surface area (Å²) in [5.74, 6) is 0.625. The maximum absolute atomic E-state index is 12.7. The number of benzene rings is 3. The molecule has 8 nitrogen and oxygen atoms in total. The summed E-state index contributed by atoms with van der Waals surface area (Å²) in [6.07, 6.45) is 0.121. The number of carbonyl (C=O) groups excluding carboxylic acids is 2. The third-order valence-corrected chi connectivity index (χ3v) is 5.95. The van der Waals surface area contributed by atoms with E-state index in [1.54, 1.807) is 48.4 Å². The lowest BCUT2D eigenvalue weighted by Gasteiger charge is -2.18. The van der Waals surface area contributed by atoms with E-state index < -0.39 is 5.92 Å². The largest absolute Gasteiger partial charge is 0.497 e. The number of nitrogens with one attached hydrogen (secondary N) is 2. The summed E-state index contributed by atoms with van der Waals surface area (Å²) in [5, 5.41) is 0.332. The minimum absolute atomic E-state index is 0.111. The molecule has 35 heavy (non-hydrogen) atoms. The minimum atomic E-state index is -0.497. The topological polar surface area (TPSA) is 89.1 Å².